The number of amides is 2. The van der Waals surface area contributed by atoms with Gasteiger partial charge in [0.2, 0.25) is 5.91 Å². The number of nitrogens with zero attached hydrogens (tertiary/aromatic N) is 1. The van der Waals surface area contributed by atoms with Crippen LogP contribution in [0.3, 0.4) is 0 Å². The van der Waals surface area contributed by atoms with Crippen molar-refractivity contribution in [2.75, 3.05) is 18.1 Å². The molecule has 2 amide bonds. The van der Waals surface area contributed by atoms with Crippen molar-refractivity contribution in [3.05, 3.63) is 65.2 Å². The highest BCUT2D eigenvalue weighted by Gasteiger charge is 2.22. The molecule has 1 aliphatic carbocycles. The Labute approximate surface area is 176 Å². The molecule has 0 saturated carbocycles. The van der Waals surface area contributed by atoms with Gasteiger partial charge in [-0.05, 0) is 67.5 Å². The number of hydrogen-bond acceptors (Lipinski definition) is 4. The molecule has 1 atom stereocenters. The number of carbonyl (C=O) groups excluding carboxylic acids is 3. The summed E-state index contributed by atoms with van der Waals surface area (Å²) in [5.74, 6) is -0.746. The molecular formula is C24H26N2O4. The van der Waals surface area contributed by atoms with Crippen LogP contribution in [-0.4, -0.2) is 30.9 Å². The zero-order valence-corrected chi connectivity index (χ0v) is 16.9. The van der Waals surface area contributed by atoms with Crippen LogP contribution in [-0.2, 0) is 20.7 Å². The van der Waals surface area contributed by atoms with E-state index in [1.807, 2.05) is 18.2 Å². The third kappa shape index (κ3) is 4.53. The van der Waals surface area contributed by atoms with Crippen molar-refractivity contribution < 1.29 is 19.1 Å². The summed E-state index contributed by atoms with van der Waals surface area (Å²) in [5, 5.41) is 2.98. The lowest BCUT2D eigenvalue weighted by atomic mass is 9.88. The van der Waals surface area contributed by atoms with Gasteiger partial charge in [-0.3, -0.25) is 9.59 Å². The lowest BCUT2D eigenvalue weighted by Gasteiger charge is -2.26. The Morgan fingerprint density at radius 3 is 2.60 bits per heavy atom. The van der Waals surface area contributed by atoms with E-state index in [0.717, 1.165) is 43.4 Å². The molecule has 1 heterocycles. The van der Waals surface area contributed by atoms with Gasteiger partial charge in [0.25, 0.3) is 5.91 Å². The molecule has 30 heavy (non-hydrogen) atoms. The van der Waals surface area contributed by atoms with Gasteiger partial charge in [-0.1, -0.05) is 24.3 Å². The second kappa shape index (κ2) is 9.11. The number of carbonyl (C=O) groups is 3. The van der Waals surface area contributed by atoms with Gasteiger partial charge >= 0.3 is 5.97 Å². The molecule has 2 aromatic rings. The van der Waals surface area contributed by atoms with E-state index in [9.17, 15) is 14.4 Å². The smallest absolute Gasteiger partial charge is 0.338 e. The predicted octanol–water partition coefficient (Wildman–Crippen LogP) is 3.55. The number of esters is 1. The van der Waals surface area contributed by atoms with E-state index in [0.29, 0.717) is 18.5 Å². The fourth-order valence-electron chi connectivity index (χ4n) is 4.21. The van der Waals surface area contributed by atoms with Crippen LogP contribution in [0.5, 0.6) is 0 Å². The highest BCUT2D eigenvalue weighted by atomic mass is 16.5. The largest absolute Gasteiger partial charge is 0.452 e. The molecule has 4 rings (SSSR count). The topological polar surface area (TPSA) is 75.7 Å². The standard InChI is InChI=1S/C24H26N2O4/c27-22(25-21-9-5-7-17-6-1-2-8-20(17)21)16-30-24(29)18-11-13-19(14-12-18)26-15-4-3-10-23(26)28/h1-2,6,8,11-14,21H,3-5,7,9-10,15-16H2,(H,25,27). The summed E-state index contributed by atoms with van der Waals surface area (Å²) in [7, 11) is 0. The van der Waals surface area contributed by atoms with Gasteiger partial charge in [-0.15, -0.1) is 0 Å². The molecule has 1 saturated heterocycles. The van der Waals surface area contributed by atoms with E-state index in [4.69, 9.17) is 4.74 Å². The quantitative estimate of drug-likeness (QED) is 0.771. The molecular weight excluding hydrogens is 380 g/mol. The first kappa shape index (κ1) is 20.1. The third-order valence-electron chi connectivity index (χ3n) is 5.78. The lowest BCUT2D eigenvalue weighted by molar-refractivity contribution is -0.125. The lowest BCUT2D eigenvalue weighted by Crippen LogP contribution is -2.35. The van der Waals surface area contributed by atoms with Crippen LogP contribution in [0.15, 0.2) is 48.5 Å². The zero-order valence-electron chi connectivity index (χ0n) is 16.9. The zero-order chi connectivity index (χ0) is 20.9. The van der Waals surface area contributed by atoms with Crippen molar-refractivity contribution in [1.82, 2.24) is 5.32 Å². The molecule has 1 unspecified atom stereocenters. The Morgan fingerprint density at radius 1 is 1.00 bits per heavy atom. The molecule has 0 bridgehead atoms. The maximum atomic E-state index is 12.3. The van der Waals surface area contributed by atoms with Crippen molar-refractivity contribution in [1.29, 1.82) is 0 Å². The van der Waals surface area contributed by atoms with Crippen molar-refractivity contribution in [3.63, 3.8) is 0 Å². The fourth-order valence-corrected chi connectivity index (χ4v) is 4.21. The molecule has 156 valence electrons. The van der Waals surface area contributed by atoms with Gasteiger partial charge in [-0.25, -0.2) is 4.79 Å². The number of benzene rings is 2. The molecule has 1 N–H and O–H groups in total. The van der Waals surface area contributed by atoms with Crippen molar-refractivity contribution in [2.24, 2.45) is 0 Å². The molecule has 2 aliphatic rings. The van der Waals surface area contributed by atoms with E-state index >= 15 is 0 Å². The molecule has 0 spiro atoms. The number of aryl methyl sites for hydroxylation is 1. The molecule has 6 nitrogen and oxygen atoms in total. The summed E-state index contributed by atoms with van der Waals surface area (Å²) < 4.78 is 5.19. The Bertz CT molecular complexity index is 938. The first-order valence-electron chi connectivity index (χ1n) is 10.6. The number of fused-ring (bicyclic) bond motifs is 1. The van der Waals surface area contributed by atoms with Gasteiger partial charge in [0.1, 0.15) is 0 Å². The SMILES string of the molecule is O=C(COC(=O)c1ccc(N2CCCCC2=O)cc1)NC1CCCc2ccccc21. The van der Waals surface area contributed by atoms with Crippen LogP contribution in [0.2, 0.25) is 0 Å². The molecule has 2 aromatic carbocycles. The highest BCUT2D eigenvalue weighted by Crippen LogP contribution is 2.29. The van der Waals surface area contributed by atoms with E-state index < -0.39 is 5.97 Å². The van der Waals surface area contributed by atoms with Crippen LogP contribution in [0.4, 0.5) is 5.69 Å². The average Bonchev–Trinajstić information content (AvgIpc) is 2.78. The van der Waals surface area contributed by atoms with Crippen molar-refractivity contribution in [3.8, 4) is 0 Å². The minimum absolute atomic E-state index is 0.0393. The number of nitrogens with one attached hydrogen (secondary N) is 1. The predicted molar refractivity (Wildman–Crippen MR) is 113 cm³/mol. The summed E-state index contributed by atoms with van der Waals surface area (Å²) in [6, 6.07) is 14.8. The van der Waals surface area contributed by atoms with Crippen molar-refractivity contribution in [2.45, 2.75) is 44.6 Å². The second-order valence-corrected chi connectivity index (χ2v) is 7.84. The molecule has 1 aliphatic heterocycles. The van der Waals surface area contributed by atoms with Crippen LogP contribution in [0.1, 0.15) is 59.6 Å². The number of rotatable bonds is 5. The molecule has 6 heteroatoms. The van der Waals surface area contributed by atoms with E-state index in [1.54, 1.807) is 29.2 Å². The van der Waals surface area contributed by atoms with Crippen LogP contribution in [0.25, 0.3) is 0 Å². The Morgan fingerprint density at radius 2 is 1.80 bits per heavy atom. The summed E-state index contributed by atoms with van der Waals surface area (Å²) in [6.45, 7) is 0.386. The monoisotopic (exact) mass is 406 g/mol. The Hall–Kier alpha value is -3.15. The van der Waals surface area contributed by atoms with Crippen LogP contribution >= 0.6 is 0 Å². The minimum Gasteiger partial charge on any atom is -0.452 e. The van der Waals surface area contributed by atoms with Crippen LogP contribution in [0, 0.1) is 0 Å². The van der Waals surface area contributed by atoms with Gasteiger partial charge in [-0.2, -0.15) is 0 Å². The maximum absolute atomic E-state index is 12.3. The first-order chi connectivity index (χ1) is 14.6. The number of ether oxygens (including phenoxy) is 1. The fraction of sp³-hybridized carbons (Fsp3) is 0.375. The summed E-state index contributed by atoms with van der Waals surface area (Å²) in [6.07, 6.45) is 5.40. The first-order valence-corrected chi connectivity index (χ1v) is 10.6. The average molecular weight is 406 g/mol. The van der Waals surface area contributed by atoms with Crippen molar-refractivity contribution >= 4 is 23.5 Å². The third-order valence-corrected chi connectivity index (χ3v) is 5.78. The normalized spacial score (nSPS) is 18.5. The molecule has 1 fully saturated rings. The Balaban J connectivity index is 1.30. The van der Waals surface area contributed by atoms with Gasteiger partial charge in [0.05, 0.1) is 11.6 Å². The number of anilines is 1. The van der Waals surface area contributed by atoms with E-state index in [1.165, 1.54) is 5.56 Å². The second-order valence-electron chi connectivity index (χ2n) is 7.84. The summed E-state index contributed by atoms with van der Waals surface area (Å²) in [4.78, 5) is 38.4. The summed E-state index contributed by atoms with van der Waals surface area (Å²) in [5.41, 5.74) is 3.55. The maximum Gasteiger partial charge on any atom is 0.338 e. The number of hydrogen-bond donors (Lipinski definition) is 1. The van der Waals surface area contributed by atoms with Gasteiger partial charge in [0, 0.05) is 18.7 Å². The Kier molecular flexibility index (Phi) is 6.12. The molecule has 0 aromatic heterocycles. The molecule has 0 radical (unpaired) electrons. The number of piperidine rings is 1. The van der Waals surface area contributed by atoms with Crippen LogP contribution < -0.4 is 10.2 Å². The highest BCUT2D eigenvalue weighted by molar-refractivity contribution is 5.95. The van der Waals surface area contributed by atoms with E-state index in [-0.39, 0.29) is 24.5 Å². The van der Waals surface area contributed by atoms with Gasteiger partial charge in [0.15, 0.2) is 6.61 Å². The summed E-state index contributed by atoms with van der Waals surface area (Å²) >= 11 is 0. The van der Waals surface area contributed by atoms with E-state index in [2.05, 4.69) is 11.4 Å². The minimum atomic E-state index is -0.550. The van der Waals surface area contributed by atoms with Gasteiger partial charge < -0.3 is 15.0 Å².